The highest BCUT2D eigenvalue weighted by molar-refractivity contribution is 5.48. The Bertz CT molecular complexity index is 421. The summed E-state index contributed by atoms with van der Waals surface area (Å²) in [6.45, 7) is 14.6. The van der Waals surface area contributed by atoms with Crippen LogP contribution < -0.4 is 10.2 Å². The molecule has 0 amide bonds. The van der Waals surface area contributed by atoms with Crippen LogP contribution in [0.5, 0.6) is 0 Å². The lowest BCUT2D eigenvalue weighted by molar-refractivity contribution is 0.443. The van der Waals surface area contributed by atoms with Gasteiger partial charge < -0.3 is 10.2 Å². The Kier molecular flexibility index (Phi) is 5.55. The molecule has 1 aromatic rings. The van der Waals surface area contributed by atoms with Crippen LogP contribution in [0.1, 0.15) is 27.7 Å². The molecule has 2 nitrogen and oxygen atoms in total. The first-order valence-corrected chi connectivity index (χ1v) is 6.74. The van der Waals surface area contributed by atoms with Crippen molar-refractivity contribution in [2.45, 2.75) is 33.2 Å². The molecule has 0 aliphatic heterocycles. The zero-order valence-corrected chi connectivity index (χ0v) is 12.5. The van der Waals surface area contributed by atoms with Crippen LogP contribution in [0, 0.1) is 5.82 Å². The van der Waals surface area contributed by atoms with Crippen LogP contribution in [-0.2, 0) is 0 Å². The zero-order valence-electron chi connectivity index (χ0n) is 12.5. The minimum Gasteiger partial charge on any atom is -0.365 e. The molecule has 0 heterocycles. The van der Waals surface area contributed by atoms with Gasteiger partial charge in [0, 0.05) is 25.2 Å². The molecule has 0 aliphatic carbocycles. The van der Waals surface area contributed by atoms with Crippen molar-refractivity contribution in [3.8, 4) is 0 Å². The number of halogens is 1. The van der Waals surface area contributed by atoms with Gasteiger partial charge in [-0.2, -0.15) is 0 Å². The van der Waals surface area contributed by atoms with Gasteiger partial charge in [-0.25, -0.2) is 4.39 Å². The van der Waals surface area contributed by atoms with Crippen LogP contribution in [0.25, 0.3) is 0 Å². The Balaban J connectivity index is 2.63. The molecule has 0 saturated carbocycles. The summed E-state index contributed by atoms with van der Waals surface area (Å²) in [6, 6.07) is 6.87. The van der Waals surface area contributed by atoms with Gasteiger partial charge in [-0.1, -0.05) is 18.7 Å². The Hall–Kier alpha value is -1.35. The van der Waals surface area contributed by atoms with E-state index in [4.69, 9.17) is 0 Å². The highest BCUT2D eigenvalue weighted by Crippen LogP contribution is 2.19. The van der Waals surface area contributed by atoms with Gasteiger partial charge in [0.05, 0.1) is 5.69 Å². The van der Waals surface area contributed by atoms with E-state index >= 15 is 0 Å². The van der Waals surface area contributed by atoms with Gasteiger partial charge in [0.1, 0.15) is 5.82 Å². The number of anilines is 1. The van der Waals surface area contributed by atoms with Crippen molar-refractivity contribution in [3.63, 3.8) is 0 Å². The minimum absolute atomic E-state index is 0.0674. The third kappa shape index (κ3) is 5.43. The topological polar surface area (TPSA) is 15.3 Å². The predicted octanol–water partition coefficient (Wildman–Crippen LogP) is 3.60. The number of likely N-dealkylation sites (N-methyl/N-ethyl adjacent to an activating group) is 1. The molecular weight excluding hydrogens is 239 g/mol. The average Bonchev–Trinajstić information content (AvgIpc) is 2.33. The molecule has 1 N–H and O–H groups in total. The van der Waals surface area contributed by atoms with E-state index in [2.05, 4.69) is 32.7 Å². The summed E-state index contributed by atoms with van der Waals surface area (Å²) in [5.74, 6) is -0.180. The maximum absolute atomic E-state index is 13.8. The summed E-state index contributed by atoms with van der Waals surface area (Å²) in [6.07, 6.45) is 0. The first-order chi connectivity index (χ1) is 8.83. The molecule has 0 aliphatic rings. The van der Waals surface area contributed by atoms with Gasteiger partial charge in [-0.15, -0.1) is 0 Å². The molecule has 106 valence electrons. The van der Waals surface area contributed by atoms with Crippen molar-refractivity contribution < 1.29 is 4.39 Å². The first-order valence-electron chi connectivity index (χ1n) is 6.74. The molecular formula is C16H25FN2. The quantitative estimate of drug-likeness (QED) is 0.790. The Labute approximate surface area is 116 Å². The summed E-state index contributed by atoms with van der Waals surface area (Å²) >= 11 is 0. The number of rotatable bonds is 6. The van der Waals surface area contributed by atoms with E-state index in [0.29, 0.717) is 12.2 Å². The number of nitrogens with one attached hydrogen (secondary N) is 1. The zero-order chi connectivity index (χ0) is 14.5. The van der Waals surface area contributed by atoms with Crippen molar-refractivity contribution in [2.75, 3.05) is 24.5 Å². The molecule has 0 saturated heterocycles. The maximum Gasteiger partial charge on any atom is 0.146 e. The van der Waals surface area contributed by atoms with Crippen molar-refractivity contribution in [1.29, 1.82) is 0 Å². The van der Waals surface area contributed by atoms with Gasteiger partial charge in [0.15, 0.2) is 0 Å². The molecule has 0 radical (unpaired) electrons. The summed E-state index contributed by atoms with van der Waals surface area (Å²) in [5, 5.41) is 3.40. The van der Waals surface area contributed by atoms with Gasteiger partial charge in [-0.05, 0) is 45.4 Å². The van der Waals surface area contributed by atoms with Crippen molar-refractivity contribution in [1.82, 2.24) is 5.32 Å². The van der Waals surface area contributed by atoms with Crippen LogP contribution >= 0.6 is 0 Å². The maximum atomic E-state index is 13.8. The van der Waals surface area contributed by atoms with E-state index in [-0.39, 0.29) is 11.4 Å². The van der Waals surface area contributed by atoms with Gasteiger partial charge in [0.2, 0.25) is 0 Å². The second-order valence-corrected chi connectivity index (χ2v) is 5.82. The summed E-state index contributed by atoms with van der Waals surface area (Å²) in [4.78, 5) is 2.00. The second kappa shape index (κ2) is 6.71. The molecule has 0 atom stereocenters. The number of hydrogen-bond donors (Lipinski definition) is 1. The summed E-state index contributed by atoms with van der Waals surface area (Å²) in [7, 11) is 0. The van der Waals surface area contributed by atoms with Crippen molar-refractivity contribution in [2.24, 2.45) is 0 Å². The molecule has 1 rings (SSSR count). The number of nitrogens with zero attached hydrogens (tertiary/aromatic N) is 1. The molecule has 0 spiro atoms. The number of para-hydroxylation sites is 1. The van der Waals surface area contributed by atoms with Crippen LogP contribution in [0.15, 0.2) is 36.4 Å². The van der Waals surface area contributed by atoms with Crippen molar-refractivity contribution >= 4 is 5.69 Å². The Morgan fingerprint density at radius 1 is 1.32 bits per heavy atom. The number of hydrogen-bond acceptors (Lipinski definition) is 2. The SMILES string of the molecule is C=C(CNC(C)(C)C)CN(CC)c1ccccc1F. The van der Waals surface area contributed by atoms with E-state index in [1.807, 2.05) is 24.0 Å². The molecule has 19 heavy (non-hydrogen) atoms. The Morgan fingerprint density at radius 3 is 2.47 bits per heavy atom. The van der Waals surface area contributed by atoms with E-state index in [1.165, 1.54) is 6.07 Å². The van der Waals surface area contributed by atoms with E-state index < -0.39 is 0 Å². The lowest BCUT2D eigenvalue weighted by atomic mass is 10.1. The van der Waals surface area contributed by atoms with E-state index in [9.17, 15) is 4.39 Å². The predicted molar refractivity (Wildman–Crippen MR) is 81.2 cm³/mol. The third-order valence-electron chi connectivity index (χ3n) is 2.86. The van der Waals surface area contributed by atoms with E-state index in [0.717, 1.165) is 18.7 Å². The summed E-state index contributed by atoms with van der Waals surface area (Å²) in [5.41, 5.74) is 1.76. The highest BCUT2D eigenvalue weighted by Gasteiger charge is 2.12. The largest absolute Gasteiger partial charge is 0.365 e. The second-order valence-electron chi connectivity index (χ2n) is 5.82. The molecule has 0 unspecified atom stereocenters. The molecule has 1 aromatic carbocycles. The van der Waals surface area contributed by atoms with Crippen LogP contribution in [-0.4, -0.2) is 25.2 Å². The van der Waals surface area contributed by atoms with Crippen LogP contribution in [0.3, 0.4) is 0 Å². The molecule has 0 aromatic heterocycles. The smallest absolute Gasteiger partial charge is 0.146 e. The highest BCUT2D eigenvalue weighted by atomic mass is 19.1. The summed E-state index contributed by atoms with van der Waals surface area (Å²) < 4.78 is 13.8. The fraction of sp³-hybridized carbons (Fsp3) is 0.500. The average molecular weight is 264 g/mol. The lowest BCUT2D eigenvalue weighted by Gasteiger charge is -2.27. The van der Waals surface area contributed by atoms with Gasteiger partial charge in [0.25, 0.3) is 0 Å². The van der Waals surface area contributed by atoms with Crippen LogP contribution in [0.2, 0.25) is 0 Å². The fourth-order valence-corrected chi connectivity index (χ4v) is 1.79. The number of benzene rings is 1. The molecule has 0 bridgehead atoms. The Morgan fingerprint density at radius 2 is 1.95 bits per heavy atom. The third-order valence-corrected chi connectivity index (χ3v) is 2.86. The first kappa shape index (κ1) is 15.7. The standard InChI is InChI=1S/C16H25FN2/c1-6-19(15-10-8-7-9-14(15)17)12-13(2)11-18-16(3,4)5/h7-10,18H,2,6,11-12H2,1,3-5H3. The monoisotopic (exact) mass is 264 g/mol. The normalized spacial score (nSPS) is 11.4. The van der Waals surface area contributed by atoms with Crippen molar-refractivity contribution in [3.05, 3.63) is 42.2 Å². The lowest BCUT2D eigenvalue weighted by Crippen LogP contribution is -2.39. The van der Waals surface area contributed by atoms with Crippen LogP contribution in [0.4, 0.5) is 10.1 Å². The molecule has 0 fully saturated rings. The molecule has 3 heteroatoms. The minimum atomic E-state index is -0.180. The fourth-order valence-electron chi connectivity index (χ4n) is 1.79. The van der Waals surface area contributed by atoms with E-state index in [1.54, 1.807) is 6.07 Å². The van der Waals surface area contributed by atoms with Gasteiger partial charge >= 0.3 is 0 Å². The van der Waals surface area contributed by atoms with Gasteiger partial charge in [-0.3, -0.25) is 0 Å².